The van der Waals surface area contributed by atoms with Crippen LogP contribution in [-0.2, 0) is 32.2 Å². The number of hydrogen-bond donors (Lipinski definition) is 4. The minimum atomic E-state index is -3.11. The smallest absolute Gasteiger partial charge is 0.292 e. The van der Waals surface area contributed by atoms with Crippen molar-refractivity contribution in [3.63, 3.8) is 0 Å². The van der Waals surface area contributed by atoms with Crippen LogP contribution in [0.2, 0.25) is 0 Å². The molecule has 5 amide bonds. The second-order valence-corrected chi connectivity index (χ2v) is 19.0. The van der Waals surface area contributed by atoms with Crippen LogP contribution in [0.25, 0.3) is 0 Å². The van der Waals surface area contributed by atoms with E-state index >= 15 is 8.78 Å². The maximum atomic E-state index is 15.0. The first-order valence-electron chi connectivity index (χ1n) is 22.8. The molecular formula is C47H55F2N11O6S. The predicted octanol–water partition coefficient (Wildman–Crippen LogP) is 5.25. The summed E-state index contributed by atoms with van der Waals surface area (Å²) >= 11 is 1.48. The number of imide groups is 1. The Balaban J connectivity index is 0.695. The van der Waals surface area contributed by atoms with Gasteiger partial charge >= 0.3 is 0 Å². The molecule has 6 heterocycles. The monoisotopic (exact) mass is 939 g/mol. The summed E-state index contributed by atoms with van der Waals surface area (Å²) in [6.07, 6.45) is 8.60. The molecule has 3 fully saturated rings. The molecule has 8 rings (SSSR count). The van der Waals surface area contributed by atoms with E-state index in [2.05, 4.69) is 47.9 Å². The highest BCUT2D eigenvalue weighted by atomic mass is 32.2. The summed E-state index contributed by atoms with van der Waals surface area (Å²) in [4.78, 5) is 77.7. The van der Waals surface area contributed by atoms with Gasteiger partial charge in [0.1, 0.15) is 23.0 Å². The molecule has 0 radical (unpaired) electrons. The van der Waals surface area contributed by atoms with Crippen LogP contribution in [0.3, 0.4) is 0 Å². The SMILES string of the molecule is CC1(N)CCN(c2cnc(Sc3cccc(NC(=O)CCCCCCCO[C@@H]4CN(c5ccc(C(=O)NCc6ccc7c(c6)CN(C6CCC(=O)NC6=O)C7=O)nn5)CC4(F)F)c3)cn2)CC1. The molecule has 2 atom stereocenters. The number of piperidine rings is 2. The third-order valence-corrected chi connectivity index (χ3v) is 13.5. The summed E-state index contributed by atoms with van der Waals surface area (Å²) in [5, 5.41) is 16.8. The first kappa shape index (κ1) is 47.4. The molecule has 354 valence electrons. The van der Waals surface area contributed by atoms with Crippen LogP contribution in [0.5, 0.6) is 0 Å². The van der Waals surface area contributed by atoms with Gasteiger partial charge in [-0.15, -0.1) is 10.2 Å². The van der Waals surface area contributed by atoms with Gasteiger partial charge in [0.15, 0.2) is 11.5 Å². The Bertz CT molecular complexity index is 2450. The van der Waals surface area contributed by atoms with E-state index in [0.717, 1.165) is 66.5 Å². The summed E-state index contributed by atoms with van der Waals surface area (Å²) in [7, 11) is 0. The molecule has 20 heteroatoms. The van der Waals surface area contributed by atoms with Gasteiger partial charge in [-0.3, -0.25) is 29.3 Å². The van der Waals surface area contributed by atoms with Crippen LogP contribution in [0.4, 0.5) is 26.1 Å². The minimum absolute atomic E-state index is 0.00595. The first-order chi connectivity index (χ1) is 32.2. The van der Waals surface area contributed by atoms with Crippen molar-refractivity contribution in [3.8, 4) is 0 Å². The Kier molecular flexibility index (Phi) is 14.7. The quantitative estimate of drug-likeness (QED) is 0.0741. The van der Waals surface area contributed by atoms with Gasteiger partial charge in [0.2, 0.25) is 17.7 Å². The fourth-order valence-corrected chi connectivity index (χ4v) is 9.41. The minimum Gasteiger partial charge on any atom is -0.370 e. The molecular weight excluding hydrogens is 885 g/mol. The lowest BCUT2D eigenvalue weighted by Crippen LogP contribution is -2.52. The number of carbonyl (C=O) groups is 5. The van der Waals surface area contributed by atoms with Crippen LogP contribution >= 0.6 is 11.8 Å². The highest BCUT2D eigenvalue weighted by Gasteiger charge is 2.49. The fraction of sp³-hybridized carbons (Fsp3) is 0.468. The average Bonchev–Trinajstić information content (AvgIpc) is 3.80. The fourth-order valence-electron chi connectivity index (χ4n) is 8.63. The molecule has 3 saturated heterocycles. The largest absolute Gasteiger partial charge is 0.370 e. The van der Waals surface area contributed by atoms with Gasteiger partial charge in [-0.05, 0) is 86.6 Å². The Morgan fingerprint density at radius 3 is 2.51 bits per heavy atom. The molecule has 4 aromatic rings. The van der Waals surface area contributed by atoms with Crippen molar-refractivity contribution in [1.82, 2.24) is 35.7 Å². The van der Waals surface area contributed by atoms with E-state index in [1.165, 1.54) is 33.7 Å². The summed E-state index contributed by atoms with van der Waals surface area (Å²) in [6.45, 7) is 3.62. The summed E-state index contributed by atoms with van der Waals surface area (Å²) < 4.78 is 35.7. The van der Waals surface area contributed by atoms with Crippen molar-refractivity contribution in [2.45, 2.75) is 118 Å². The molecule has 0 bridgehead atoms. The predicted molar refractivity (Wildman–Crippen MR) is 246 cm³/mol. The molecule has 0 saturated carbocycles. The molecule has 4 aliphatic rings. The standard InChI is InChI=1S/C47H55F2N11O6S/c1-46(50)17-19-58(20-18-46)39-25-52-42(26-51-39)67-33-9-7-8-32(23-33)54-40(61)10-5-3-2-4-6-21-66-37-28-59(29-47(37,48)49)38-15-13-35(56-57-38)43(63)53-24-30-11-12-34-31(22-30)27-60(45(34)65)36-14-16-41(62)55-44(36)64/h7-9,11-13,15,22-23,25-26,36-37H,2-6,10,14,16-21,24,27-29,50H2,1H3,(H,53,63)(H,54,61)(H,55,62,64)/t36?,37-/m1/s1. The van der Waals surface area contributed by atoms with Crippen LogP contribution in [0.15, 0.2) is 76.9 Å². The normalized spacial score (nSPS) is 19.9. The number of nitrogens with zero attached hydrogens (tertiary/aromatic N) is 7. The lowest BCUT2D eigenvalue weighted by atomic mass is 9.91. The van der Waals surface area contributed by atoms with Gasteiger partial charge in [0.25, 0.3) is 17.7 Å². The van der Waals surface area contributed by atoms with Gasteiger partial charge in [0, 0.05) is 67.3 Å². The first-order valence-corrected chi connectivity index (χ1v) is 23.6. The van der Waals surface area contributed by atoms with Gasteiger partial charge in [-0.2, -0.15) is 0 Å². The third-order valence-electron chi connectivity index (χ3n) is 12.6. The number of fused-ring (bicyclic) bond motifs is 1. The van der Waals surface area contributed by atoms with E-state index in [1.807, 2.05) is 24.3 Å². The van der Waals surface area contributed by atoms with E-state index in [-0.39, 0.29) is 73.9 Å². The number of halogens is 2. The van der Waals surface area contributed by atoms with E-state index in [0.29, 0.717) is 36.1 Å². The highest BCUT2D eigenvalue weighted by molar-refractivity contribution is 7.99. The number of nitrogens with one attached hydrogen (secondary N) is 3. The number of unbranched alkanes of at least 4 members (excludes halogenated alkanes) is 4. The highest BCUT2D eigenvalue weighted by Crippen LogP contribution is 2.34. The lowest BCUT2D eigenvalue weighted by molar-refractivity contribution is -0.137. The van der Waals surface area contributed by atoms with Crippen LogP contribution in [0.1, 0.15) is 103 Å². The van der Waals surface area contributed by atoms with E-state index in [9.17, 15) is 24.0 Å². The van der Waals surface area contributed by atoms with Gasteiger partial charge in [-0.1, -0.05) is 49.2 Å². The van der Waals surface area contributed by atoms with Crippen LogP contribution in [-0.4, -0.2) is 111 Å². The molecule has 2 aromatic heterocycles. The lowest BCUT2D eigenvalue weighted by Gasteiger charge is -2.37. The number of ether oxygens (including phenoxy) is 1. The molecule has 67 heavy (non-hydrogen) atoms. The molecule has 0 aliphatic carbocycles. The third kappa shape index (κ3) is 12.1. The van der Waals surface area contributed by atoms with Crippen molar-refractivity contribution in [1.29, 1.82) is 0 Å². The van der Waals surface area contributed by atoms with Crippen molar-refractivity contribution >= 4 is 58.6 Å². The zero-order valence-corrected chi connectivity index (χ0v) is 38.2. The molecule has 5 N–H and O–H groups in total. The summed E-state index contributed by atoms with van der Waals surface area (Å²) in [6, 6.07) is 15.0. The molecule has 4 aliphatic heterocycles. The topological polar surface area (TPSA) is 218 Å². The molecule has 2 aromatic carbocycles. The maximum absolute atomic E-state index is 15.0. The van der Waals surface area contributed by atoms with Gasteiger partial charge < -0.3 is 35.8 Å². The Hall–Kier alpha value is -6.12. The number of benzene rings is 2. The second-order valence-electron chi connectivity index (χ2n) is 17.9. The molecule has 1 unspecified atom stereocenters. The summed E-state index contributed by atoms with van der Waals surface area (Å²) in [5.41, 5.74) is 8.74. The van der Waals surface area contributed by atoms with Crippen LogP contribution in [0, 0.1) is 0 Å². The number of anilines is 3. The second kappa shape index (κ2) is 20.8. The van der Waals surface area contributed by atoms with E-state index in [4.69, 9.17) is 10.5 Å². The number of amides is 5. The van der Waals surface area contributed by atoms with Crippen molar-refractivity contribution < 1.29 is 37.5 Å². The number of aromatic nitrogens is 4. The Morgan fingerprint density at radius 1 is 0.940 bits per heavy atom. The Morgan fingerprint density at radius 2 is 1.75 bits per heavy atom. The van der Waals surface area contributed by atoms with E-state index in [1.54, 1.807) is 30.6 Å². The Labute approximate surface area is 391 Å². The number of carbonyl (C=O) groups excluding carboxylic acids is 5. The van der Waals surface area contributed by atoms with Crippen molar-refractivity contribution in [3.05, 3.63) is 89.4 Å². The maximum Gasteiger partial charge on any atom is 0.292 e. The zero-order valence-electron chi connectivity index (χ0n) is 37.3. The molecule has 17 nitrogen and oxygen atoms in total. The van der Waals surface area contributed by atoms with Gasteiger partial charge in [-0.25, -0.2) is 18.7 Å². The van der Waals surface area contributed by atoms with Crippen molar-refractivity contribution in [2.24, 2.45) is 5.73 Å². The van der Waals surface area contributed by atoms with Crippen LogP contribution < -0.4 is 31.5 Å². The number of rotatable bonds is 18. The number of alkyl halides is 2. The van der Waals surface area contributed by atoms with Gasteiger partial charge in [0.05, 0.1) is 25.5 Å². The number of nitrogens with two attached hydrogens (primary N) is 1. The van der Waals surface area contributed by atoms with Crippen molar-refractivity contribution in [2.75, 3.05) is 47.9 Å². The average molecular weight is 940 g/mol. The van der Waals surface area contributed by atoms with E-state index < -0.39 is 36.4 Å². The summed E-state index contributed by atoms with van der Waals surface area (Å²) in [5.74, 6) is -3.79. The molecule has 0 spiro atoms. The number of hydrogen-bond acceptors (Lipinski definition) is 14. The zero-order chi connectivity index (χ0) is 47.1.